The Morgan fingerprint density at radius 1 is 1.27 bits per heavy atom. The molecule has 0 radical (unpaired) electrons. The van der Waals surface area contributed by atoms with E-state index >= 15 is 0 Å². The Kier molecular flexibility index (Phi) is 5.85. The molecule has 3 heterocycles. The van der Waals surface area contributed by atoms with Crippen molar-refractivity contribution in [2.24, 2.45) is 7.05 Å². The van der Waals surface area contributed by atoms with E-state index in [1.165, 1.54) is 12.1 Å². The lowest BCUT2D eigenvalue weighted by molar-refractivity contribution is 0.0955. The average molecular weight is 425 g/mol. The maximum absolute atomic E-state index is 13.0. The van der Waals surface area contributed by atoms with Crippen LogP contribution in [0.3, 0.4) is 0 Å². The quantitative estimate of drug-likeness (QED) is 0.347. The summed E-state index contributed by atoms with van der Waals surface area (Å²) in [6.45, 7) is 2.40. The SMILES string of the molecule is Cc1nn(C)c2nc(-c3ccco3)cc(C(=O)NCCCSc3ccc(F)cc3)c12. The standard InChI is InChI=1S/C22H21FN4O2S/c1-14-20-17(13-18(19-5-3-11-29-19)25-21(20)27(2)26-14)22(28)24-10-4-12-30-16-8-6-15(23)7-9-16/h3,5-9,11,13H,4,10,12H2,1-2H3,(H,24,28). The first-order valence-corrected chi connectivity index (χ1v) is 10.6. The van der Waals surface area contributed by atoms with Gasteiger partial charge in [0.05, 0.1) is 22.9 Å². The minimum Gasteiger partial charge on any atom is -0.463 e. The minimum atomic E-state index is -0.241. The molecular weight excluding hydrogens is 403 g/mol. The molecule has 8 heteroatoms. The van der Waals surface area contributed by atoms with Gasteiger partial charge in [-0.3, -0.25) is 9.48 Å². The van der Waals surface area contributed by atoms with E-state index in [0.29, 0.717) is 29.2 Å². The summed E-state index contributed by atoms with van der Waals surface area (Å²) in [4.78, 5) is 18.6. The Balaban J connectivity index is 1.46. The zero-order valence-electron chi connectivity index (χ0n) is 16.7. The van der Waals surface area contributed by atoms with Crippen LogP contribution in [0.25, 0.3) is 22.5 Å². The highest BCUT2D eigenvalue weighted by molar-refractivity contribution is 7.99. The Labute approximate surface area is 177 Å². The van der Waals surface area contributed by atoms with Crippen molar-refractivity contribution in [2.45, 2.75) is 18.2 Å². The van der Waals surface area contributed by atoms with Crippen LogP contribution >= 0.6 is 11.8 Å². The summed E-state index contributed by atoms with van der Waals surface area (Å²) in [5.74, 6) is 1.01. The van der Waals surface area contributed by atoms with Crippen LogP contribution in [0.5, 0.6) is 0 Å². The summed E-state index contributed by atoms with van der Waals surface area (Å²) < 4.78 is 20.1. The van der Waals surface area contributed by atoms with Gasteiger partial charge in [0.25, 0.3) is 5.91 Å². The van der Waals surface area contributed by atoms with E-state index in [9.17, 15) is 9.18 Å². The van der Waals surface area contributed by atoms with Gasteiger partial charge in [-0.2, -0.15) is 5.10 Å². The number of fused-ring (bicyclic) bond motifs is 1. The fourth-order valence-electron chi connectivity index (χ4n) is 3.26. The molecule has 0 unspecified atom stereocenters. The Morgan fingerprint density at radius 2 is 2.07 bits per heavy atom. The normalized spacial score (nSPS) is 11.2. The molecule has 0 bridgehead atoms. The van der Waals surface area contributed by atoms with Gasteiger partial charge >= 0.3 is 0 Å². The van der Waals surface area contributed by atoms with Gasteiger partial charge in [-0.15, -0.1) is 11.8 Å². The van der Waals surface area contributed by atoms with Crippen molar-refractivity contribution in [1.82, 2.24) is 20.1 Å². The number of amides is 1. The predicted molar refractivity (Wildman–Crippen MR) is 115 cm³/mol. The first kappa shape index (κ1) is 20.2. The van der Waals surface area contributed by atoms with Gasteiger partial charge < -0.3 is 9.73 Å². The number of aromatic nitrogens is 3. The third-order valence-electron chi connectivity index (χ3n) is 4.68. The molecule has 0 aliphatic heterocycles. The number of nitrogens with one attached hydrogen (secondary N) is 1. The number of furan rings is 1. The van der Waals surface area contributed by atoms with Gasteiger partial charge in [-0.25, -0.2) is 9.37 Å². The maximum atomic E-state index is 13.0. The van der Waals surface area contributed by atoms with Crippen LogP contribution in [0, 0.1) is 12.7 Å². The molecule has 4 aromatic rings. The van der Waals surface area contributed by atoms with E-state index in [1.807, 2.05) is 20.0 Å². The third kappa shape index (κ3) is 4.23. The van der Waals surface area contributed by atoms with Gasteiger partial charge in [-0.05, 0) is 61.6 Å². The third-order valence-corrected chi connectivity index (χ3v) is 5.77. The smallest absolute Gasteiger partial charge is 0.252 e. The highest BCUT2D eigenvalue weighted by Crippen LogP contribution is 2.27. The minimum absolute atomic E-state index is 0.168. The van der Waals surface area contributed by atoms with Crippen LogP contribution in [0.15, 0.2) is 58.0 Å². The molecule has 0 aliphatic rings. The average Bonchev–Trinajstić information content (AvgIpc) is 3.37. The number of carbonyl (C=O) groups is 1. The first-order valence-electron chi connectivity index (χ1n) is 9.57. The van der Waals surface area contributed by atoms with Crippen molar-refractivity contribution in [3.63, 3.8) is 0 Å². The topological polar surface area (TPSA) is 73.0 Å². The number of hydrogen-bond acceptors (Lipinski definition) is 5. The second-order valence-electron chi connectivity index (χ2n) is 6.85. The lowest BCUT2D eigenvalue weighted by atomic mass is 10.1. The van der Waals surface area contributed by atoms with E-state index in [4.69, 9.17) is 4.42 Å². The first-order chi connectivity index (χ1) is 14.5. The van der Waals surface area contributed by atoms with Crippen LogP contribution in [0.2, 0.25) is 0 Å². The molecule has 1 N–H and O–H groups in total. The molecule has 0 saturated carbocycles. The van der Waals surface area contributed by atoms with Gasteiger partial charge in [0.15, 0.2) is 11.4 Å². The monoisotopic (exact) mass is 424 g/mol. The van der Waals surface area contributed by atoms with Gasteiger partial charge in [-0.1, -0.05) is 0 Å². The highest BCUT2D eigenvalue weighted by atomic mass is 32.2. The zero-order valence-corrected chi connectivity index (χ0v) is 17.5. The molecule has 4 rings (SSSR count). The lowest BCUT2D eigenvalue weighted by Gasteiger charge is -2.08. The molecule has 0 atom stereocenters. The van der Waals surface area contributed by atoms with Crippen molar-refractivity contribution in [2.75, 3.05) is 12.3 Å². The molecule has 0 spiro atoms. The molecule has 0 aliphatic carbocycles. The summed E-state index contributed by atoms with van der Waals surface area (Å²) in [5.41, 5.74) is 2.51. The largest absolute Gasteiger partial charge is 0.463 e. The lowest BCUT2D eigenvalue weighted by Crippen LogP contribution is -2.25. The molecule has 1 amide bonds. The fraction of sp³-hybridized carbons (Fsp3) is 0.227. The Morgan fingerprint density at radius 3 is 2.80 bits per heavy atom. The number of carbonyl (C=O) groups excluding carboxylic acids is 1. The van der Waals surface area contributed by atoms with Gasteiger partial charge in [0, 0.05) is 18.5 Å². The molecule has 3 aromatic heterocycles. The van der Waals surface area contributed by atoms with E-state index < -0.39 is 0 Å². The molecule has 0 saturated heterocycles. The second-order valence-corrected chi connectivity index (χ2v) is 8.02. The van der Waals surface area contributed by atoms with Crippen molar-refractivity contribution in [3.05, 3.63) is 65.8 Å². The number of benzene rings is 1. The van der Waals surface area contributed by atoms with Crippen molar-refractivity contribution < 1.29 is 13.6 Å². The van der Waals surface area contributed by atoms with Crippen molar-refractivity contribution in [1.29, 1.82) is 0 Å². The summed E-state index contributed by atoms with van der Waals surface area (Å²) >= 11 is 1.63. The fourth-order valence-corrected chi connectivity index (χ4v) is 4.12. The van der Waals surface area contributed by atoms with Crippen LogP contribution < -0.4 is 5.32 Å². The number of halogens is 1. The van der Waals surface area contributed by atoms with E-state index in [1.54, 1.807) is 47.0 Å². The Hall–Kier alpha value is -3.13. The number of nitrogens with zero attached hydrogens (tertiary/aromatic N) is 3. The summed E-state index contributed by atoms with van der Waals surface area (Å²) in [6.07, 6.45) is 2.37. The summed E-state index contributed by atoms with van der Waals surface area (Å²) in [7, 11) is 1.81. The highest BCUT2D eigenvalue weighted by Gasteiger charge is 2.19. The van der Waals surface area contributed by atoms with Crippen LogP contribution in [0.1, 0.15) is 22.5 Å². The molecular formula is C22H21FN4O2S. The summed E-state index contributed by atoms with van der Waals surface area (Å²) in [5, 5.41) is 8.15. The van der Waals surface area contributed by atoms with Crippen molar-refractivity contribution in [3.8, 4) is 11.5 Å². The molecule has 6 nitrogen and oxygen atoms in total. The van der Waals surface area contributed by atoms with Crippen molar-refractivity contribution >= 4 is 28.7 Å². The van der Waals surface area contributed by atoms with Gasteiger partial charge in [0.2, 0.25) is 0 Å². The van der Waals surface area contributed by atoms with Crippen LogP contribution in [-0.4, -0.2) is 33.0 Å². The van der Waals surface area contributed by atoms with Crippen LogP contribution in [0.4, 0.5) is 4.39 Å². The van der Waals surface area contributed by atoms with E-state index in [-0.39, 0.29) is 11.7 Å². The number of hydrogen-bond donors (Lipinski definition) is 1. The summed E-state index contributed by atoms with van der Waals surface area (Å²) in [6, 6.07) is 11.8. The van der Waals surface area contributed by atoms with E-state index in [2.05, 4.69) is 15.4 Å². The molecule has 154 valence electrons. The van der Waals surface area contributed by atoms with E-state index in [0.717, 1.165) is 28.1 Å². The van der Waals surface area contributed by atoms with Crippen LogP contribution in [-0.2, 0) is 7.05 Å². The molecule has 30 heavy (non-hydrogen) atoms. The molecule has 0 fully saturated rings. The zero-order chi connectivity index (χ0) is 21.1. The second kappa shape index (κ2) is 8.71. The molecule has 1 aromatic carbocycles. The van der Waals surface area contributed by atoms with Gasteiger partial charge in [0.1, 0.15) is 11.5 Å². The predicted octanol–water partition coefficient (Wildman–Crippen LogP) is 4.59. The number of aryl methyl sites for hydroxylation is 2. The number of rotatable bonds is 7. The Bertz CT molecular complexity index is 1170. The number of thioether (sulfide) groups is 1. The maximum Gasteiger partial charge on any atom is 0.252 e. The number of pyridine rings is 1.